The average molecular weight is 274 g/mol. The van der Waals surface area contributed by atoms with E-state index in [1.165, 1.54) is 0 Å². The van der Waals surface area contributed by atoms with Gasteiger partial charge in [-0.25, -0.2) is 0 Å². The molecule has 0 bridgehead atoms. The molecule has 0 aliphatic heterocycles. The average Bonchev–Trinajstić information content (AvgIpc) is 2.05. The molecule has 0 aromatic carbocycles. The number of hydrogen-bond donors (Lipinski definition) is 1. The smallest absolute Gasteiger partial charge is 0.102 e. The van der Waals surface area contributed by atoms with Gasteiger partial charge in [0.25, 0.3) is 0 Å². The number of aliphatic hydroxyl groups is 1. The molecule has 0 aliphatic carbocycles. The molecule has 14 heavy (non-hydrogen) atoms. The van der Waals surface area contributed by atoms with Gasteiger partial charge in [-0.2, -0.15) is 0 Å². The van der Waals surface area contributed by atoms with Crippen LogP contribution in [0.15, 0.2) is 4.99 Å². The van der Waals surface area contributed by atoms with E-state index in [4.69, 9.17) is 0 Å². The van der Waals surface area contributed by atoms with Gasteiger partial charge in [0, 0.05) is 45.0 Å². The summed E-state index contributed by atoms with van der Waals surface area (Å²) in [6.45, 7) is 8.90. The van der Waals surface area contributed by atoms with Crippen molar-refractivity contribution in [2.75, 3.05) is 6.54 Å². The summed E-state index contributed by atoms with van der Waals surface area (Å²) < 4.78 is 0. The van der Waals surface area contributed by atoms with Crippen LogP contribution in [0.1, 0.15) is 53.4 Å². The molecule has 1 radical (unpaired) electrons. The Morgan fingerprint density at radius 2 is 1.57 bits per heavy atom. The van der Waals surface area contributed by atoms with Crippen molar-refractivity contribution in [1.82, 2.24) is 0 Å². The Kier molecular flexibility index (Phi) is 11.0. The molecule has 0 aliphatic rings. The molecular weight excluding hydrogens is 251 g/mol. The van der Waals surface area contributed by atoms with Gasteiger partial charge in [-0.3, -0.25) is 4.99 Å². The third kappa shape index (κ3) is 5.57. The molecule has 0 rings (SSSR count). The van der Waals surface area contributed by atoms with Gasteiger partial charge in [0.05, 0.1) is 0 Å². The van der Waals surface area contributed by atoms with E-state index in [1.54, 1.807) is 0 Å². The normalized spacial score (nSPS) is 12.5. The summed E-state index contributed by atoms with van der Waals surface area (Å²) in [4.78, 5) is 4.30. The van der Waals surface area contributed by atoms with Crippen molar-refractivity contribution in [3.8, 4) is 0 Å². The van der Waals surface area contributed by atoms with E-state index in [0.717, 1.165) is 37.9 Å². The van der Waals surface area contributed by atoms with E-state index >= 15 is 0 Å². The van der Waals surface area contributed by atoms with Gasteiger partial charge >= 0.3 is 0 Å². The first-order chi connectivity index (χ1) is 6.10. The second-order valence-corrected chi connectivity index (χ2v) is 3.59. The topological polar surface area (TPSA) is 32.6 Å². The Hall–Kier alpha value is 0.734. The summed E-state index contributed by atoms with van der Waals surface area (Å²) in [6.07, 6.45) is 3.67. The number of nitrogens with zero attached hydrogens (tertiary/aromatic N) is 1. The summed E-state index contributed by atoms with van der Waals surface area (Å²) >= 11 is 0. The van der Waals surface area contributed by atoms with Gasteiger partial charge in [0.15, 0.2) is 0 Å². The Bertz CT molecular complexity index is 163. The van der Waals surface area contributed by atoms with E-state index in [9.17, 15) is 5.11 Å². The summed E-state index contributed by atoms with van der Waals surface area (Å²) in [5.41, 5.74) is 0.262. The predicted molar refractivity (Wildman–Crippen MR) is 58.4 cm³/mol. The van der Waals surface area contributed by atoms with E-state index < -0.39 is 5.60 Å². The van der Waals surface area contributed by atoms with Crippen molar-refractivity contribution in [2.45, 2.75) is 59.0 Å². The first kappa shape index (κ1) is 17.1. The van der Waals surface area contributed by atoms with Crippen LogP contribution in [0, 0.1) is 0 Å². The molecule has 1 N–H and O–H groups in total. The molecule has 0 amide bonds. The molecule has 0 saturated heterocycles. The third-order valence-electron chi connectivity index (χ3n) is 2.40. The summed E-state index contributed by atoms with van der Waals surface area (Å²) in [5.74, 6) is 0. The molecule has 0 fully saturated rings. The van der Waals surface area contributed by atoms with Crippen molar-refractivity contribution in [3.63, 3.8) is 0 Å². The summed E-state index contributed by atoms with van der Waals surface area (Å²) in [5, 5.41) is 10.3. The van der Waals surface area contributed by atoms with E-state index in [1.807, 2.05) is 13.8 Å². The zero-order valence-corrected chi connectivity index (χ0v) is 12.8. The fourth-order valence-electron chi connectivity index (χ4n) is 1.70. The number of hydrogen-bond acceptors (Lipinski definition) is 2. The summed E-state index contributed by atoms with van der Waals surface area (Å²) in [7, 11) is 0. The van der Waals surface area contributed by atoms with Crippen LogP contribution in [0.4, 0.5) is 0 Å². The molecule has 0 atom stereocenters. The van der Waals surface area contributed by atoms with Crippen molar-refractivity contribution < 1.29 is 37.8 Å². The van der Waals surface area contributed by atoms with E-state index in [-0.39, 0.29) is 32.7 Å². The number of rotatable bonds is 6. The van der Waals surface area contributed by atoms with Crippen LogP contribution in [0.25, 0.3) is 0 Å². The zero-order chi connectivity index (χ0) is 10.3. The van der Waals surface area contributed by atoms with Gasteiger partial charge in [0.2, 0.25) is 0 Å². The molecule has 2 nitrogen and oxygen atoms in total. The van der Waals surface area contributed by atoms with Gasteiger partial charge in [-0.15, -0.1) is 0 Å². The zero-order valence-electron chi connectivity index (χ0n) is 10.0. The van der Waals surface area contributed by atoms with Crippen LogP contribution in [0.5, 0.6) is 0 Å². The quantitative estimate of drug-likeness (QED) is 0.742. The Balaban J connectivity index is 0. The largest absolute Gasteiger partial charge is 0.384 e. The molecule has 3 heteroatoms. The van der Waals surface area contributed by atoms with Gasteiger partial charge in [-0.1, -0.05) is 26.7 Å². The Labute approximate surface area is 113 Å². The maximum atomic E-state index is 10.3. The molecule has 0 spiro atoms. The fraction of sp³-hybridized carbons (Fsp3) is 0.909. The van der Waals surface area contributed by atoms with Gasteiger partial charge in [0.1, 0.15) is 5.60 Å². The first-order valence-electron chi connectivity index (χ1n) is 5.34. The van der Waals surface area contributed by atoms with Crippen LogP contribution in [-0.2, 0) is 32.7 Å². The van der Waals surface area contributed by atoms with E-state index in [0.29, 0.717) is 0 Å². The molecule has 0 saturated carbocycles. The Morgan fingerprint density at radius 1 is 1.14 bits per heavy atom. The Morgan fingerprint density at radius 3 is 1.86 bits per heavy atom. The minimum absolute atomic E-state index is 0. The van der Waals surface area contributed by atoms with Crippen LogP contribution in [-0.4, -0.2) is 23.0 Å². The third-order valence-corrected chi connectivity index (χ3v) is 2.40. The molecule has 0 unspecified atom stereocenters. The molecule has 0 heterocycles. The van der Waals surface area contributed by atoms with Crippen LogP contribution < -0.4 is 0 Å². The maximum Gasteiger partial charge on any atom is 0.102 e. The minimum atomic E-state index is -0.639. The second-order valence-electron chi connectivity index (χ2n) is 3.59. The van der Waals surface area contributed by atoms with Crippen molar-refractivity contribution in [2.24, 2.45) is 4.99 Å². The fourth-order valence-corrected chi connectivity index (χ4v) is 1.70. The standard InChI is InChI=1S/C11H23NO.Y/c1-5-8-11(13,9-6-2)10(4)12-7-3;/h13H,5-9H2,1-4H3;. The first-order valence-corrected chi connectivity index (χ1v) is 5.34. The maximum absolute atomic E-state index is 10.3. The molecule has 0 aromatic rings. The second kappa shape index (κ2) is 9.00. The van der Waals surface area contributed by atoms with Crippen LogP contribution in [0.2, 0.25) is 0 Å². The molecular formula is C11H23NOY. The van der Waals surface area contributed by atoms with Crippen molar-refractivity contribution in [3.05, 3.63) is 0 Å². The van der Waals surface area contributed by atoms with Gasteiger partial charge < -0.3 is 5.11 Å². The summed E-state index contributed by atoms with van der Waals surface area (Å²) in [6, 6.07) is 0. The molecule has 0 aromatic heterocycles. The minimum Gasteiger partial charge on any atom is -0.384 e. The van der Waals surface area contributed by atoms with E-state index in [2.05, 4.69) is 18.8 Å². The van der Waals surface area contributed by atoms with Crippen LogP contribution in [0.3, 0.4) is 0 Å². The SMILES string of the molecule is CCCC(O)(CCC)C(C)=NCC.[Y]. The van der Waals surface area contributed by atoms with Gasteiger partial charge in [-0.05, 0) is 26.7 Å². The number of aliphatic imine (C=N–C) groups is 1. The van der Waals surface area contributed by atoms with Crippen molar-refractivity contribution in [1.29, 1.82) is 0 Å². The monoisotopic (exact) mass is 274 g/mol. The van der Waals surface area contributed by atoms with Crippen LogP contribution >= 0.6 is 0 Å². The predicted octanol–water partition coefficient (Wildman–Crippen LogP) is 2.80. The van der Waals surface area contributed by atoms with Crippen molar-refractivity contribution >= 4 is 5.71 Å². The molecule has 81 valence electrons.